The Bertz CT molecular complexity index is 95.1. The van der Waals surface area contributed by atoms with Crippen LogP contribution < -0.4 is 0 Å². The Morgan fingerprint density at radius 2 is 0.333 bits per heavy atom. The van der Waals surface area contributed by atoms with Crippen molar-refractivity contribution in [3.8, 4) is 0 Å². The average molecular weight is 446 g/mol. The van der Waals surface area contributed by atoms with Crippen molar-refractivity contribution in [2.45, 2.75) is 0 Å². The van der Waals surface area contributed by atoms with Crippen molar-refractivity contribution in [2.75, 3.05) is 0 Å². The van der Waals surface area contributed by atoms with Gasteiger partial charge < -0.3 is 98.6 Å². The first kappa shape index (κ1) is 751. The summed E-state index contributed by atoms with van der Waals surface area (Å²) in [6, 6.07) is 0. The van der Waals surface area contributed by atoms with Gasteiger partial charge in [-0.2, -0.15) is 8.42 Å². The summed E-state index contributed by atoms with van der Waals surface area (Å²) in [4.78, 5) is 0. The molecule has 24 heavy (non-hydrogen) atoms. The van der Waals surface area contributed by atoms with Gasteiger partial charge in [0.1, 0.15) is 0 Å². The molecule has 0 unspecified atom stereocenters. The van der Waals surface area contributed by atoms with Crippen LogP contribution in [0.15, 0.2) is 0 Å². The topological polar surface area (TPSA) is 642 Å². The Morgan fingerprint density at radius 1 is 0.333 bits per heavy atom. The predicted octanol–water partition coefficient (Wildman–Crippen LogP) is -16.1. The molecule has 0 saturated heterocycles. The molecule has 0 spiro atoms. The summed E-state index contributed by atoms with van der Waals surface area (Å²) in [7, 11) is -4.67. The number of rotatable bonds is 0. The maximum atomic E-state index is 8.74. The van der Waals surface area contributed by atoms with E-state index < -0.39 is 10.4 Å². The van der Waals surface area contributed by atoms with Crippen molar-refractivity contribution < 1.29 is 116 Å². The fourth-order valence-corrected chi connectivity index (χ4v) is 0. The Hall–Kier alpha value is 0.150. The van der Waals surface area contributed by atoms with Gasteiger partial charge in [-0.15, -0.1) is 0 Å². The average Bonchev–Trinajstić information content (AvgIpc) is 0.722. The van der Waals surface area contributed by atoms with Crippen LogP contribution in [0.5, 0.6) is 0 Å². The van der Waals surface area contributed by atoms with Crippen LogP contribution in [0.25, 0.3) is 0 Å². The molecule has 0 heterocycles. The molecule has 0 aromatic carbocycles. The van der Waals surface area contributed by atoms with Crippen LogP contribution in [0.3, 0.4) is 0 Å². The molecule has 0 fully saturated rings. The van der Waals surface area contributed by atoms with Crippen LogP contribution in [0.1, 0.15) is 0 Å². The Labute approximate surface area is 156 Å². The van der Waals surface area contributed by atoms with Gasteiger partial charge in [-0.1, -0.05) is 0 Å². The first-order valence-corrected chi connectivity index (χ1v) is 2.10. The molecule has 0 saturated carbocycles. The van der Waals surface area contributed by atoms with E-state index in [9.17, 15) is 0 Å². The molecule has 0 rings (SSSR count). The van der Waals surface area contributed by atoms with Crippen molar-refractivity contribution >= 4 is 40.0 Å². The minimum absolute atomic E-state index is 0. The molecule has 178 valence electrons. The molecule has 24 heteroatoms. The predicted molar refractivity (Wildman–Crippen MR) is 86.4 cm³/mol. The van der Waals surface area contributed by atoms with Gasteiger partial charge in [0.2, 0.25) is 0 Å². The molecule has 0 aliphatic carbocycles. The third kappa shape index (κ3) is 440000. The molecule has 0 bridgehead atoms. The molecule has 22 nitrogen and oxygen atoms in total. The van der Waals surface area contributed by atoms with Crippen LogP contribution in [0.4, 0.5) is 0 Å². The Morgan fingerprint density at radius 3 is 0.333 bits per heavy atom. The second-order valence-corrected chi connectivity index (χ2v) is 1.34. The summed E-state index contributed by atoms with van der Waals surface area (Å²) in [5.74, 6) is 0. The zero-order valence-corrected chi connectivity index (χ0v) is 11.9. The van der Waals surface area contributed by atoms with E-state index in [0.29, 0.717) is 0 Å². The monoisotopic (exact) mass is 446 g/mol. The molecule has 0 aliphatic heterocycles. The van der Waals surface area contributed by atoms with Gasteiger partial charge in [0, 0.05) is 0 Å². The normalized spacial score (nSPS) is 2.42. The fraction of sp³-hybridized carbons (Fsp3) is 0. The SMILES string of the molecule is O.O.O.O.O.O.O.O.O.O.O.O.O.O.O.O.O.O.O=S(=O)(O)O.[NaH]. The van der Waals surface area contributed by atoms with Crippen LogP contribution in [0.2, 0.25) is 0 Å². The van der Waals surface area contributed by atoms with E-state index in [0.717, 1.165) is 0 Å². The van der Waals surface area contributed by atoms with Crippen LogP contribution >= 0.6 is 0 Å². The summed E-state index contributed by atoms with van der Waals surface area (Å²) < 4.78 is 31.6. The van der Waals surface area contributed by atoms with Crippen molar-refractivity contribution in [1.82, 2.24) is 0 Å². The van der Waals surface area contributed by atoms with Crippen molar-refractivity contribution in [1.29, 1.82) is 0 Å². The number of hydrogen-bond acceptors (Lipinski definition) is 2. The molecule has 38 N–H and O–H groups in total. The van der Waals surface area contributed by atoms with Gasteiger partial charge in [0.15, 0.2) is 0 Å². The molecular weight excluding hydrogens is 407 g/mol. The summed E-state index contributed by atoms with van der Waals surface area (Å²) in [6.07, 6.45) is 0. The van der Waals surface area contributed by atoms with Crippen molar-refractivity contribution in [2.24, 2.45) is 0 Å². The van der Waals surface area contributed by atoms with Gasteiger partial charge in [0.25, 0.3) is 0 Å². The molecule has 0 aromatic rings. The van der Waals surface area contributed by atoms with E-state index in [1.165, 1.54) is 0 Å². The second-order valence-electron chi connectivity index (χ2n) is 0.448. The zero-order valence-electron chi connectivity index (χ0n) is 11.1. The summed E-state index contributed by atoms with van der Waals surface area (Å²) in [6.45, 7) is 0. The van der Waals surface area contributed by atoms with Gasteiger partial charge in [-0.05, 0) is 0 Å². The fourth-order valence-electron chi connectivity index (χ4n) is 0. The summed E-state index contributed by atoms with van der Waals surface area (Å²) >= 11 is 0. The second kappa shape index (κ2) is 300. The molecule has 0 atom stereocenters. The van der Waals surface area contributed by atoms with E-state index in [1.54, 1.807) is 0 Å². The van der Waals surface area contributed by atoms with E-state index >= 15 is 0 Å². The zero-order chi connectivity index (χ0) is 4.50. The minimum atomic E-state index is -4.67. The molecular formula is H39NaO22S. The van der Waals surface area contributed by atoms with Gasteiger partial charge in [-0.3, -0.25) is 9.11 Å². The maximum absolute atomic E-state index is 8.74. The Kier molecular flexibility index (Phi) is 9400. The van der Waals surface area contributed by atoms with E-state index in [2.05, 4.69) is 0 Å². The van der Waals surface area contributed by atoms with Gasteiger partial charge in [0.05, 0.1) is 0 Å². The first-order valence-electron chi connectivity index (χ1n) is 0.698. The third-order valence-corrected chi connectivity index (χ3v) is 0. The third-order valence-electron chi connectivity index (χ3n) is 0. The van der Waals surface area contributed by atoms with E-state index in [-0.39, 0.29) is 128 Å². The summed E-state index contributed by atoms with van der Waals surface area (Å²) in [5, 5.41) is 0. The number of hydrogen-bond donors (Lipinski definition) is 2. The van der Waals surface area contributed by atoms with Gasteiger partial charge in [-0.25, -0.2) is 0 Å². The standard InChI is InChI=1S/Na.H2O4S.18H2O.H/c;1-5(2,3)4;;;;;;;;;;;;;;;;;;;/h;(H2,1,2,3,4);18*1H2;. The van der Waals surface area contributed by atoms with E-state index in [4.69, 9.17) is 17.5 Å². The summed E-state index contributed by atoms with van der Waals surface area (Å²) in [5.41, 5.74) is 0. The first-order chi connectivity index (χ1) is 2.00. The van der Waals surface area contributed by atoms with E-state index in [1.807, 2.05) is 0 Å². The van der Waals surface area contributed by atoms with Gasteiger partial charge >= 0.3 is 40.0 Å². The molecule has 0 aliphatic rings. The molecule has 0 radical (unpaired) electrons. The van der Waals surface area contributed by atoms with Crippen LogP contribution in [-0.4, -0.2) is 146 Å². The van der Waals surface area contributed by atoms with Crippen LogP contribution in [0, 0.1) is 0 Å². The molecule has 0 amide bonds. The molecule has 0 aromatic heterocycles. The quantitative estimate of drug-likeness (QED) is 0.270. The van der Waals surface area contributed by atoms with Crippen LogP contribution in [-0.2, 0) is 10.4 Å². The Balaban J connectivity index is -0.000000000468. The van der Waals surface area contributed by atoms with Crippen molar-refractivity contribution in [3.05, 3.63) is 0 Å². The van der Waals surface area contributed by atoms with Crippen molar-refractivity contribution in [3.63, 3.8) is 0 Å².